The maximum Gasteiger partial charge on any atom is 0.267 e. The minimum absolute atomic E-state index is 0.123. The molecule has 0 saturated carbocycles. The molecule has 0 fully saturated rings. The average Bonchev–Trinajstić information content (AvgIpc) is 2.33. The number of benzene rings is 2. The molecule has 2 rings (SSSR count). The van der Waals surface area contributed by atoms with E-state index in [0.717, 1.165) is 5.56 Å². The largest absolute Gasteiger partial charge is 0.278 e. The fourth-order valence-electron chi connectivity index (χ4n) is 1.71. The van der Waals surface area contributed by atoms with Gasteiger partial charge in [0.1, 0.15) is 17.5 Å². The Morgan fingerprint density at radius 3 is 2.24 bits per heavy atom. The van der Waals surface area contributed by atoms with Crippen LogP contribution in [0.5, 0.6) is 0 Å². The topological polar surface area (TPSA) is 46.2 Å². The van der Waals surface area contributed by atoms with Crippen LogP contribution >= 0.6 is 15.9 Å². The van der Waals surface area contributed by atoms with Crippen molar-refractivity contribution < 1.29 is 21.6 Å². The third-order valence-corrected chi connectivity index (χ3v) is 5.14. The maximum absolute atomic E-state index is 13.6. The highest BCUT2D eigenvalue weighted by molar-refractivity contribution is 9.10. The van der Waals surface area contributed by atoms with E-state index in [1.165, 1.54) is 6.07 Å². The predicted molar refractivity (Wildman–Crippen MR) is 76.0 cm³/mol. The summed E-state index contributed by atoms with van der Waals surface area (Å²) >= 11 is 3.18. The molecule has 0 aliphatic rings. The number of hydrogen-bond acceptors (Lipinski definition) is 2. The molecule has 21 heavy (non-hydrogen) atoms. The lowest BCUT2D eigenvalue weighted by Gasteiger charge is -2.12. The third-order valence-electron chi connectivity index (χ3n) is 2.67. The first-order valence-corrected chi connectivity index (χ1v) is 7.92. The number of hydrogen-bond donors (Lipinski definition) is 1. The van der Waals surface area contributed by atoms with Crippen molar-refractivity contribution >= 4 is 31.6 Å². The van der Waals surface area contributed by atoms with Gasteiger partial charge in [0, 0.05) is 16.6 Å². The van der Waals surface area contributed by atoms with E-state index in [4.69, 9.17) is 0 Å². The van der Waals surface area contributed by atoms with E-state index in [1.54, 1.807) is 19.1 Å². The summed E-state index contributed by atoms with van der Waals surface area (Å²) in [5.74, 6) is -4.19. The zero-order valence-corrected chi connectivity index (χ0v) is 13.0. The van der Waals surface area contributed by atoms with Gasteiger partial charge in [-0.15, -0.1) is 0 Å². The first-order valence-electron chi connectivity index (χ1n) is 5.65. The van der Waals surface area contributed by atoms with Crippen LogP contribution in [-0.2, 0) is 10.0 Å². The van der Waals surface area contributed by atoms with Gasteiger partial charge in [-0.2, -0.15) is 0 Å². The van der Waals surface area contributed by atoms with Crippen LogP contribution in [0.3, 0.4) is 0 Å². The van der Waals surface area contributed by atoms with Crippen LogP contribution in [0.25, 0.3) is 0 Å². The van der Waals surface area contributed by atoms with Crippen molar-refractivity contribution in [2.45, 2.75) is 11.8 Å². The molecule has 0 heterocycles. The first kappa shape index (κ1) is 15.8. The van der Waals surface area contributed by atoms with Gasteiger partial charge in [-0.1, -0.05) is 12.1 Å². The van der Waals surface area contributed by atoms with Gasteiger partial charge in [-0.3, -0.25) is 4.72 Å². The molecule has 0 bridgehead atoms. The van der Waals surface area contributed by atoms with E-state index in [9.17, 15) is 21.6 Å². The molecule has 0 atom stereocenters. The number of halogens is 4. The Labute approximate surface area is 128 Å². The van der Waals surface area contributed by atoms with Crippen LogP contribution in [0.1, 0.15) is 5.56 Å². The van der Waals surface area contributed by atoms with E-state index >= 15 is 0 Å². The van der Waals surface area contributed by atoms with Crippen molar-refractivity contribution in [1.29, 1.82) is 0 Å². The van der Waals surface area contributed by atoms with Gasteiger partial charge in [-0.25, -0.2) is 21.6 Å². The second-order valence-corrected chi connectivity index (χ2v) is 6.65. The molecule has 8 heteroatoms. The molecule has 0 spiro atoms. The second kappa shape index (κ2) is 5.69. The second-order valence-electron chi connectivity index (χ2n) is 4.24. The Balaban J connectivity index is 2.51. The van der Waals surface area contributed by atoms with Gasteiger partial charge < -0.3 is 0 Å². The lowest BCUT2D eigenvalue weighted by molar-refractivity contribution is 0.498. The number of anilines is 1. The number of rotatable bonds is 3. The molecule has 0 amide bonds. The van der Waals surface area contributed by atoms with Crippen LogP contribution in [0.15, 0.2) is 39.7 Å². The zero-order chi connectivity index (χ0) is 15.8. The van der Waals surface area contributed by atoms with Crippen LogP contribution in [-0.4, -0.2) is 8.42 Å². The molecule has 0 aliphatic heterocycles. The van der Waals surface area contributed by atoms with E-state index in [1.807, 2.05) is 0 Å². The first-order chi connectivity index (χ1) is 9.72. The lowest BCUT2D eigenvalue weighted by atomic mass is 10.2. The summed E-state index contributed by atoms with van der Waals surface area (Å²) in [6.07, 6.45) is 0. The Kier molecular flexibility index (Phi) is 4.29. The third kappa shape index (κ3) is 3.21. The summed E-state index contributed by atoms with van der Waals surface area (Å²) in [4.78, 5) is -1.22. The molecule has 2 aromatic rings. The molecular weight excluding hydrogens is 371 g/mol. The minimum atomic E-state index is -4.53. The fourth-order valence-corrected chi connectivity index (χ4v) is 3.40. The SMILES string of the molecule is Cc1cccc(NS(=O)(=O)c2c(F)cc(F)cc2F)c1Br. The highest BCUT2D eigenvalue weighted by atomic mass is 79.9. The molecule has 0 aliphatic carbocycles. The summed E-state index contributed by atoms with van der Waals surface area (Å²) in [5.41, 5.74) is 0.855. The zero-order valence-electron chi connectivity index (χ0n) is 10.6. The van der Waals surface area contributed by atoms with Crippen LogP contribution in [0, 0.1) is 24.4 Å². The predicted octanol–water partition coefficient (Wildman–Crippen LogP) is 3.98. The molecule has 0 aromatic heterocycles. The highest BCUT2D eigenvalue weighted by Gasteiger charge is 2.26. The standard InChI is InChI=1S/C13H9BrF3NO2S/c1-7-3-2-4-11(12(7)14)18-21(19,20)13-9(16)5-8(15)6-10(13)17/h2-6,18H,1H3. The molecule has 112 valence electrons. The molecule has 2 aromatic carbocycles. The van der Waals surface area contributed by atoms with Crippen molar-refractivity contribution in [2.75, 3.05) is 4.72 Å². The molecular formula is C13H9BrF3NO2S. The Hall–Kier alpha value is -1.54. The van der Waals surface area contributed by atoms with Crippen molar-refractivity contribution in [3.05, 3.63) is 57.8 Å². The van der Waals surface area contributed by atoms with Gasteiger partial charge in [0.15, 0.2) is 4.90 Å². The van der Waals surface area contributed by atoms with Crippen molar-refractivity contribution in [2.24, 2.45) is 0 Å². The summed E-state index contributed by atoms with van der Waals surface area (Å²) < 4.78 is 66.7. The summed E-state index contributed by atoms with van der Waals surface area (Å²) in [5, 5.41) is 0. The molecule has 0 saturated heterocycles. The Morgan fingerprint density at radius 2 is 1.67 bits per heavy atom. The van der Waals surface area contributed by atoms with E-state index < -0.39 is 32.4 Å². The molecule has 3 nitrogen and oxygen atoms in total. The minimum Gasteiger partial charge on any atom is -0.278 e. The van der Waals surface area contributed by atoms with Gasteiger partial charge >= 0.3 is 0 Å². The van der Waals surface area contributed by atoms with Gasteiger partial charge in [0.05, 0.1) is 5.69 Å². The van der Waals surface area contributed by atoms with Gasteiger partial charge in [-0.05, 0) is 34.5 Å². The molecule has 0 unspecified atom stereocenters. The summed E-state index contributed by atoms with van der Waals surface area (Å²) in [7, 11) is -4.53. The van der Waals surface area contributed by atoms with E-state index in [-0.39, 0.29) is 5.69 Å². The highest BCUT2D eigenvalue weighted by Crippen LogP contribution is 2.29. The van der Waals surface area contributed by atoms with Crippen molar-refractivity contribution in [3.63, 3.8) is 0 Å². The maximum atomic E-state index is 13.6. The van der Waals surface area contributed by atoms with Crippen molar-refractivity contribution in [3.8, 4) is 0 Å². The van der Waals surface area contributed by atoms with E-state index in [0.29, 0.717) is 16.6 Å². The van der Waals surface area contributed by atoms with Crippen molar-refractivity contribution in [1.82, 2.24) is 0 Å². The number of aryl methyl sites for hydroxylation is 1. The summed E-state index contributed by atoms with van der Waals surface area (Å²) in [6.45, 7) is 1.72. The quantitative estimate of drug-likeness (QED) is 0.876. The van der Waals surface area contributed by atoms with Gasteiger partial charge in [0.2, 0.25) is 0 Å². The fraction of sp³-hybridized carbons (Fsp3) is 0.0769. The Morgan fingerprint density at radius 1 is 1.10 bits per heavy atom. The van der Waals surface area contributed by atoms with Crippen LogP contribution in [0.4, 0.5) is 18.9 Å². The van der Waals surface area contributed by atoms with Gasteiger partial charge in [0.25, 0.3) is 10.0 Å². The summed E-state index contributed by atoms with van der Waals surface area (Å²) in [6, 6.07) is 5.34. The lowest BCUT2D eigenvalue weighted by Crippen LogP contribution is -2.17. The van der Waals surface area contributed by atoms with E-state index in [2.05, 4.69) is 20.7 Å². The number of nitrogens with one attached hydrogen (secondary N) is 1. The number of sulfonamides is 1. The van der Waals surface area contributed by atoms with Crippen LogP contribution < -0.4 is 4.72 Å². The Bertz CT molecular complexity index is 786. The normalized spacial score (nSPS) is 11.5. The molecule has 0 radical (unpaired) electrons. The smallest absolute Gasteiger partial charge is 0.267 e. The molecule has 1 N–H and O–H groups in total. The average molecular weight is 380 g/mol. The monoisotopic (exact) mass is 379 g/mol. The van der Waals surface area contributed by atoms with Crippen LogP contribution in [0.2, 0.25) is 0 Å².